The topological polar surface area (TPSA) is 15.6 Å². The van der Waals surface area contributed by atoms with Gasteiger partial charge in [0.1, 0.15) is 5.84 Å². The molecule has 0 saturated heterocycles. The number of nitrogens with zero attached hydrogens (tertiary/aromatic N) is 2. The number of amidine groups is 1. The van der Waals surface area contributed by atoms with Crippen molar-refractivity contribution in [2.24, 2.45) is 10.4 Å². The van der Waals surface area contributed by atoms with Crippen molar-refractivity contribution in [3.8, 4) is 0 Å². The SMILES string of the molecule is CC(C)(C)C1=N/C=C\CCCN1C(C)(C)C. The third kappa shape index (κ3) is 3.36. The normalized spacial score (nSPS) is 21.1. The van der Waals surface area contributed by atoms with Gasteiger partial charge in [0.05, 0.1) is 0 Å². The number of aliphatic imine (C=N–C) groups is 1. The highest BCUT2D eigenvalue weighted by atomic mass is 15.2. The minimum absolute atomic E-state index is 0.106. The summed E-state index contributed by atoms with van der Waals surface area (Å²) in [5.74, 6) is 1.20. The summed E-state index contributed by atoms with van der Waals surface area (Å²) in [6, 6.07) is 0. The van der Waals surface area contributed by atoms with E-state index in [9.17, 15) is 0 Å². The van der Waals surface area contributed by atoms with Crippen LogP contribution in [0.5, 0.6) is 0 Å². The summed E-state index contributed by atoms with van der Waals surface area (Å²) in [6.45, 7) is 14.6. The highest BCUT2D eigenvalue weighted by molar-refractivity contribution is 5.88. The molecule has 0 aromatic heterocycles. The summed E-state index contributed by atoms with van der Waals surface area (Å²) in [5, 5.41) is 0. The van der Waals surface area contributed by atoms with Gasteiger partial charge in [0, 0.05) is 23.7 Å². The average molecular weight is 222 g/mol. The summed E-state index contributed by atoms with van der Waals surface area (Å²) >= 11 is 0. The lowest BCUT2D eigenvalue weighted by molar-refractivity contribution is 0.214. The third-order valence-electron chi connectivity index (χ3n) is 2.79. The van der Waals surface area contributed by atoms with E-state index in [0.717, 1.165) is 13.0 Å². The molecule has 0 atom stereocenters. The first kappa shape index (κ1) is 13.3. The number of hydrogen-bond donors (Lipinski definition) is 0. The molecule has 16 heavy (non-hydrogen) atoms. The van der Waals surface area contributed by atoms with Crippen LogP contribution in [0.4, 0.5) is 0 Å². The van der Waals surface area contributed by atoms with E-state index in [1.54, 1.807) is 0 Å². The van der Waals surface area contributed by atoms with Crippen molar-refractivity contribution in [3.63, 3.8) is 0 Å². The second kappa shape index (κ2) is 4.60. The van der Waals surface area contributed by atoms with Crippen LogP contribution >= 0.6 is 0 Å². The quantitative estimate of drug-likeness (QED) is 0.608. The monoisotopic (exact) mass is 222 g/mol. The zero-order valence-electron chi connectivity index (χ0n) is 11.7. The van der Waals surface area contributed by atoms with E-state index in [0.29, 0.717) is 0 Å². The Morgan fingerprint density at radius 3 is 2.25 bits per heavy atom. The summed E-state index contributed by atoms with van der Waals surface area (Å²) in [7, 11) is 0. The van der Waals surface area contributed by atoms with Crippen LogP contribution in [0.1, 0.15) is 54.4 Å². The first-order valence-electron chi connectivity index (χ1n) is 6.24. The van der Waals surface area contributed by atoms with Crippen molar-refractivity contribution >= 4 is 5.84 Å². The molecule has 0 aromatic carbocycles. The fourth-order valence-electron chi connectivity index (χ4n) is 1.99. The van der Waals surface area contributed by atoms with Gasteiger partial charge >= 0.3 is 0 Å². The van der Waals surface area contributed by atoms with Crippen LogP contribution in [-0.2, 0) is 0 Å². The van der Waals surface area contributed by atoms with Gasteiger partial charge in [-0.15, -0.1) is 0 Å². The molecule has 2 nitrogen and oxygen atoms in total. The van der Waals surface area contributed by atoms with E-state index < -0.39 is 0 Å². The van der Waals surface area contributed by atoms with Gasteiger partial charge in [-0.25, -0.2) is 4.99 Å². The first-order valence-corrected chi connectivity index (χ1v) is 6.24. The Morgan fingerprint density at radius 1 is 1.12 bits per heavy atom. The Labute approximate surface area is 100 Å². The standard InChI is InChI=1S/C14H26N2/c1-13(2,3)12-15-10-8-7-9-11-16(12)14(4,5)6/h8,10H,7,9,11H2,1-6H3/b10-8-,15-12?. The maximum atomic E-state index is 4.66. The molecular formula is C14H26N2. The highest BCUT2D eigenvalue weighted by Crippen LogP contribution is 2.26. The van der Waals surface area contributed by atoms with Crippen molar-refractivity contribution in [1.29, 1.82) is 0 Å². The Bertz CT molecular complexity index is 287. The van der Waals surface area contributed by atoms with E-state index >= 15 is 0 Å². The number of allylic oxidation sites excluding steroid dienone is 1. The van der Waals surface area contributed by atoms with Gasteiger partial charge in [0.15, 0.2) is 0 Å². The largest absolute Gasteiger partial charge is 0.355 e. The summed E-state index contributed by atoms with van der Waals surface area (Å²) in [5.41, 5.74) is 0.256. The Balaban J connectivity index is 3.10. The molecule has 0 aliphatic carbocycles. The molecule has 0 saturated carbocycles. The van der Waals surface area contributed by atoms with E-state index in [-0.39, 0.29) is 11.0 Å². The molecule has 0 fully saturated rings. The van der Waals surface area contributed by atoms with E-state index in [1.165, 1.54) is 12.3 Å². The molecule has 92 valence electrons. The van der Waals surface area contributed by atoms with Gasteiger partial charge in [-0.3, -0.25) is 0 Å². The Kier molecular flexibility index (Phi) is 3.82. The summed E-state index contributed by atoms with van der Waals surface area (Å²) < 4.78 is 0. The predicted octanol–water partition coefficient (Wildman–Crippen LogP) is 3.84. The third-order valence-corrected chi connectivity index (χ3v) is 2.79. The van der Waals surface area contributed by atoms with Crippen molar-refractivity contribution in [2.75, 3.05) is 6.54 Å². The first-order chi connectivity index (χ1) is 7.23. The predicted molar refractivity (Wildman–Crippen MR) is 71.7 cm³/mol. The van der Waals surface area contributed by atoms with Crippen LogP contribution < -0.4 is 0 Å². The van der Waals surface area contributed by atoms with Crippen LogP contribution in [0, 0.1) is 5.41 Å². The average Bonchev–Trinajstić information content (AvgIpc) is 1.96. The van der Waals surface area contributed by atoms with Gasteiger partial charge in [-0.1, -0.05) is 26.8 Å². The zero-order valence-corrected chi connectivity index (χ0v) is 11.7. The molecule has 1 rings (SSSR count). The minimum atomic E-state index is 0.106. The fourth-order valence-corrected chi connectivity index (χ4v) is 1.99. The molecule has 2 heteroatoms. The lowest BCUT2D eigenvalue weighted by Crippen LogP contribution is -2.50. The molecule has 0 spiro atoms. The molecular weight excluding hydrogens is 196 g/mol. The molecule has 1 heterocycles. The van der Waals surface area contributed by atoms with E-state index in [1.807, 2.05) is 6.20 Å². The molecule has 1 aliphatic heterocycles. The van der Waals surface area contributed by atoms with Crippen LogP contribution in [0.3, 0.4) is 0 Å². The van der Waals surface area contributed by atoms with E-state index in [2.05, 4.69) is 57.5 Å². The van der Waals surface area contributed by atoms with Crippen molar-refractivity contribution in [1.82, 2.24) is 4.90 Å². The van der Waals surface area contributed by atoms with Gasteiger partial charge in [-0.05, 0) is 33.6 Å². The van der Waals surface area contributed by atoms with Crippen LogP contribution in [0.25, 0.3) is 0 Å². The Morgan fingerprint density at radius 2 is 1.75 bits per heavy atom. The lowest BCUT2D eigenvalue weighted by Gasteiger charge is -2.43. The second-order valence-corrected chi connectivity index (χ2v) is 6.55. The molecule has 1 aliphatic rings. The minimum Gasteiger partial charge on any atom is -0.355 e. The molecule has 0 N–H and O–H groups in total. The number of rotatable bonds is 0. The van der Waals surface area contributed by atoms with Crippen LogP contribution in [0.15, 0.2) is 17.3 Å². The Hall–Kier alpha value is -0.790. The van der Waals surface area contributed by atoms with Gasteiger partial charge in [-0.2, -0.15) is 0 Å². The van der Waals surface area contributed by atoms with E-state index in [4.69, 9.17) is 0 Å². The molecule has 0 radical (unpaired) electrons. The maximum Gasteiger partial charge on any atom is 0.110 e. The second-order valence-electron chi connectivity index (χ2n) is 6.55. The number of hydrogen-bond acceptors (Lipinski definition) is 2. The lowest BCUT2D eigenvalue weighted by atomic mass is 9.90. The van der Waals surface area contributed by atoms with Crippen molar-refractivity contribution in [2.45, 2.75) is 59.9 Å². The van der Waals surface area contributed by atoms with Gasteiger partial charge < -0.3 is 4.90 Å². The van der Waals surface area contributed by atoms with Crippen LogP contribution in [0.2, 0.25) is 0 Å². The van der Waals surface area contributed by atoms with Crippen molar-refractivity contribution < 1.29 is 0 Å². The van der Waals surface area contributed by atoms with Crippen LogP contribution in [-0.4, -0.2) is 22.8 Å². The summed E-state index contributed by atoms with van der Waals surface area (Å²) in [4.78, 5) is 7.12. The maximum absolute atomic E-state index is 4.66. The molecule has 0 aromatic rings. The zero-order chi connectivity index (χ0) is 12.4. The molecule has 0 amide bonds. The fraction of sp³-hybridized carbons (Fsp3) is 0.786. The molecule has 0 unspecified atom stereocenters. The smallest absolute Gasteiger partial charge is 0.110 e. The summed E-state index contributed by atoms with van der Waals surface area (Å²) in [6.07, 6.45) is 6.49. The highest BCUT2D eigenvalue weighted by Gasteiger charge is 2.31. The van der Waals surface area contributed by atoms with Gasteiger partial charge in [0.2, 0.25) is 0 Å². The van der Waals surface area contributed by atoms with Crippen molar-refractivity contribution in [3.05, 3.63) is 12.3 Å². The van der Waals surface area contributed by atoms with Gasteiger partial charge in [0.25, 0.3) is 0 Å². The molecule has 0 bridgehead atoms.